The van der Waals surface area contributed by atoms with Crippen molar-refractivity contribution < 1.29 is 14.7 Å². The molecular weight excluding hydrogens is 422 g/mol. The van der Waals surface area contributed by atoms with Gasteiger partial charge in [-0.15, -0.1) is 0 Å². The summed E-state index contributed by atoms with van der Waals surface area (Å²) in [5, 5.41) is 19.6. The van der Waals surface area contributed by atoms with Crippen molar-refractivity contribution in [3.63, 3.8) is 0 Å². The number of carboxylic acid groups (broad SMARTS) is 1. The van der Waals surface area contributed by atoms with Crippen molar-refractivity contribution in [3.05, 3.63) is 0 Å². The van der Waals surface area contributed by atoms with Crippen molar-refractivity contribution in [3.8, 4) is 6.07 Å². The highest BCUT2D eigenvalue weighted by Crippen LogP contribution is 2.63. The lowest BCUT2D eigenvalue weighted by molar-refractivity contribution is -0.136. The molecule has 4 bridgehead atoms. The molecule has 0 aromatic carbocycles. The summed E-state index contributed by atoms with van der Waals surface area (Å²) >= 11 is 2.11. The summed E-state index contributed by atoms with van der Waals surface area (Å²) in [6.07, 6.45) is 13.4. The third-order valence-corrected chi connectivity index (χ3v) is 10.0. The number of carbonyl (C=O) groups is 2. The molecule has 5 atom stereocenters. The van der Waals surface area contributed by atoms with E-state index in [0.717, 1.165) is 25.7 Å². The van der Waals surface area contributed by atoms with E-state index in [0.29, 0.717) is 24.8 Å². The number of amides is 2. The van der Waals surface area contributed by atoms with Crippen LogP contribution in [0.5, 0.6) is 0 Å². The van der Waals surface area contributed by atoms with E-state index in [2.05, 4.69) is 24.8 Å². The van der Waals surface area contributed by atoms with E-state index in [1.165, 1.54) is 62.0 Å². The topological polar surface area (TPSA) is 84.6 Å². The van der Waals surface area contributed by atoms with Crippen LogP contribution in [0.3, 0.4) is 0 Å². The van der Waals surface area contributed by atoms with Gasteiger partial charge in [0.2, 0.25) is 5.91 Å². The number of rotatable bonds is 10. The van der Waals surface area contributed by atoms with Crippen LogP contribution in [-0.4, -0.2) is 62.1 Å². The van der Waals surface area contributed by atoms with Crippen molar-refractivity contribution in [2.75, 3.05) is 18.8 Å². The van der Waals surface area contributed by atoms with Gasteiger partial charge in [0.15, 0.2) is 0 Å². The lowest BCUT2D eigenvalue weighted by atomic mass is 9.52. The molecule has 1 aliphatic heterocycles. The van der Waals surface area contributed by atoms with Crippen LogP contribution in [0.25, 0.3) is 0 Å². The Morgan fingerprint density at radius 2 is 1.88 bits per heavy atom. The standard InChI is InChI=1S/C25H39N3O3S/c1-2-3-4-5-6-10-32-25-14-19-11-20(15-25)13-24(12-19,18-25)28(23(30)31)17-22(29)27-9-7-8-21(27)16-26/h19-21H,2-15,17-18H2,1H3,(H,30,31)/t19-,20?,21-,24?,25?/m0/s1. The van der Waals surface area contributed by atoms with Crippen LogP contribution in [0.4, 0.5) is 4.79 Å². The Labute approximate surface area is 197 Å². The number of thioether (sulfide) groups is 1. The second-order valence-corrected chi connectivity index (χ2v) is 12.4. The Balaban J connectivity index is 1.45. The van der Waals surface area contributed by atoms with Gasteiger partial charge in [0.1, 0.15) is 12.6 Å². The molecule has 0 spiro atoms. The lowest BCUT2D eigenvalue weighted by Gasteiger charge is -2.64. The minimum absolute atomic E-state index is 0.0925. The van der Waals surface area contributed by atoms with Gasteiger partial charge in [0.25, 0.3) is 0 Å². The fourth-order valence-electron chi connectivity index (χ4n) is 7.47. The minimum atomic E-state index is -0.965. The van der Waals surface area contributed by atoms with Crippen molar-refractivity contribution in [1.29, 1.82) is 5.26 Å². The summed E-state index contributed by atoms with van der Waals surface area (Å²) in [6, 6.07) is 1.82. The summed E-state index contributed by atoms with van der Waals surface area (Å²) in [6.45, 7) is 2.72. The second-order valence-electron chi connectivity index (χ2n) is 10.9. The number of nitrogens with zero attached hydrogens (tertiary/aromatic N) is 3. The molecule has 0 aromatic rings. The summed E-state index contributed by atoms with van der Waals surface area (Å²) in [5.74, 6) is 2.15. The summed E-state index contributed by atoms with van der Waals surface area (Å²) in [5.41, 5.74) is -0.400. The Bertz CT molecular complexity index is 737. The maximum atomic E-state index is 13.1. The van der Waals surface area contributed by atoms with Crippen molar-refractivity contribution in [1.82, 2.24) is 9.80 Å². The van der Waals surface area contributed by atoms with Gasteiger partial charge in [-0.05, 0) is 75.4 Å². The third kappa shape index (κ3) is 4.76. The maximum absolute atomic E-state index is 13.1. The fraction of sp³-hybridized carbons (Fsp3) is 0.880. The number of hydrogen-bond acceptors (Lipinski definition) is 4. The van der Waals surface area contributed by atoms with Crippen LogP contribution in [0.2, 0.25) is 0 Å². The first kappa shape index (κ1) is 23.7. The number of likely N-dealkylation sites (tertiary alicyclic amines) is 1. The van der Waals surface area contributed by atoms with Gasteiger partial charge in [-0.2, -0.15) is 17.0 Å². The van der Waals surface area contributed by atoms with Gasteiger partial charge >= 0.3 is 6.09 Å². The average Bonchev–Trinajstić information content (AvgIpc) is 3.22. The molecule has 178 valence electrons. The quantitative estimate of drug-likeness (QED) is 0.448. The molecule has 6 nitrogen and oxygen atoms in total. The van der Waals surface area contributed by atoms with Gasteiger partial charge in [-0.1, -0.05) is 32.6 Å². The van der Waals surface area contributed by atoms with Crippen molar-refractivity contribution in [2.24, 2.45) is 11.8 Å². The second kappa shape index (κ2) is 9.83. The predicted octanol–water partition coefficient (Wildman–Crippen LogP) is 5.28. The molecule has 1 N–H and O–H groups in total. The van der Waals surface area contributed by atoms with Gasteiger partial charge in [0.05, 0.1) is 6.07 Å². The van der Waals surface area contributed by atoms with Crippen LogP contribution < -0.4 is 0 Å². The zero-order valence-corrected chi connectivity index (χ0v) is 20.4. The van der Waals surface area contributed by atoms with Crippen LogP contribution in [0.15, 0.2) is 0 Å². The molecule has 0 radical (unpaired) electrons. The van der Waals surface area contributed by atoms with Crippen LogP contribution >= 0.6 is 11.8 Å². The first-order valence-electron chi connectivity index (χ1n) is 12.7. The van der Waals surface area contributed by atoms with Gasteiger partial charge < -0.3 is 10.0 Å². The highest BCUT2D eigenvalue weighted by Gasteiger charge is 2.61. The molecule has 5 fully saturated rings. The molecule has 3 unspecified atom stereocenters. The van der Waals surface area contributed by atoms with Gasteiger partial charge in [0, 0.05) is 16.8 Å². The normalized spacial score (nSPS) is 35.1. The van der Waals surface area contributed by atoms with E-state index in [1.807, 2.05) is 0 Å². The molecule has 7 heteroatoms. The van der Waals surface area contributed by atoms with Gasteiger partial charge in [-0.3, -0.25) is 9.69 Å². The van der Waals surface area contributed by atoms with E-state index in [9.17, 15) is 20.0 Å². The lowest BCUT2D eigenvalue weighted by Crippen LogP contribution is -2.66. The first-order valence-corrected chi connectivity index (χ1v) is 13.7. The summed E-state index contributed by atoms with van der Waals surface area (Å²) in [7, 11) is 0. The number of carbonyl (C=O) groups excluding carboxylic acids is 1. The zero-order chi connectivity index (χ0) is 22.8. The SMILES string of the molecule is CCCCCCCSC12CC3C[C@H](C1)CC(N(CC(=O)N1CCC[C@H]1C#N)C(=O)O)(C3)C2. The molecule has 4 saturated carbocycles. The summed E-state index contributed by atoms with van der Waals surface area (Å²) in [4.78, 5) is 28.6. The largest absolute Gasteiger partial charge is 0.465 e. The van der Waals surface area contributed by atoms with Crippen LogP contribution in [0, 0.1) is 23.2 Å². The molecule has 4 aliphatic carbocycles. The molecule has 1 saturated heterocycles. The molecule has 5 aliphatic rings. The minimum Gasteiger partial charge on any atom is -0.465 e. The van der Waals surface area contributed by atoms with E-state index in [1.54, 1.807) is 4.90 Å². The number of unbranched alkanes of at least 4 members (excludes halogenated alkanes) is 4. The molecule has 2 amide bonds. The molecule has 5 rings (SSSR count). The van der Waals surface area contributed by atoms with E-state index in [4.69, 9.17) is 0 Å². The molecule has 32 heavy (non-hydrogen) atoms. The average molecular weight is 462 g/mol. The number of nitriles is 1. The van der Waals surface area contributed by atoms with Crippen LogP contribution in [0.1, 0.15) is 90.4 Å². The fourth-order valence-corrected chi connectivity index (χ4v) is 9.33. The first-order chi connectivity index (χ1) is 15.4. The van der Waals surface area contributed by atoms with E-state index >= 15 is 0 Å². The monoisotopic (exact) mass is 461 g/mol. The highest BCUT2D eigenvalue weighted by molar-refractivity contribution is 8.00. The maximum Gasteiger partial charge on any atom is 0.408 e. The van der Waals surface area contributed by atoms with Crippen molar-refractivity contribution in [2.45, 2.75) is 107 Å². The van der Waals surface area contributed by atoms with E-state index in [-0.39, 0.29) is 17.2 Å². The third-order valence-electron chi connectivity index (χ3n) is 8.45. The number of hydrogen-bond donors (Lipinski definition) is 1. The van der Waals surface area contributed by atoms with E-state index < -0.39 is 17.7 Å². The Hall–Kier alpha value is -1.42. The summed E-state index contributed by atoms with van der Waals surface area (Å²) < 4.78 is 0.189. The highest BCUT2D eigenvalue weighted by atomic mass is 32.2. The van der Waals surface area contributed by atoms with Crippen molar-refractivity contribution >= 4 is 23.8 Å². The Morgan fingerprint density at radius 1 is 1.16 bits per heavy atom. The zero-order valence-electron chi connectivity index (χ0n) is 19.6. The smallest absolute Gasteiger partial charge is 0.408 e. The Kier molecular flexibility index (Phi) is 7.29. The molecule has 0 aromatic heterocycles. The van der Waals surface area contributed by atoms with Crippen LogP contribution in [-0.2, 0) is 4.79 Å². The molecular formula is C25H39N3O3S. The molecule has 1 heterocycles. The van der Waals surface area contributed by atoms with Gasteiger partial charge in [-0.25, -0.2) is 4.79 Å². The Morgan fingerprint density at radius 3 is 2.53 bits per heavy atom. The predicted molar refractivity (Wildman–Crippen MR) is 126 cm³/mol.